The van der Waals surface area contributed by atoms with Crippen LogP contribution >= 0.6 is 0 Å². The van der Waals surface area contributed by atoms with E-state index >= 15 is 0 Å². The zero-order chi connectivity index (χ0) is 45.6. The molecule has 0 aliphatic heterocycles. The van der Waals surface area contributed by atoms with E-state index in [9.17, 15) is 0 Å². The molecule has 0 saturated heterocycles. The molecule has 0 amide bonds. The molecule has 1 nitrogen and oxygen atoms in total. The van der Waals surface area contributed by atoms with Crippen LogP contribution in [0.15, 0.2) is 261 Å². The number of hydrogen-bond donors (Lipinski definition) is 0. The largest absolute Gasteiger partial charge is 0.310 e. The van der Waals surface area contributed by atoms with E-state index < -0.39 is 0 Å². The fourth-order valence-electron chi connectivity index (χ4n) is 10.9. The van der Waals surface area contributed by atoms with Crippen LogP contribution in [-0.4, -0.2) is 0 Å². The molecule has 0 atom stereocenters. The summed E-state index contributed by atoms with van der Waals surface area (Å²) in [6.07, 6.45) is 0. The molecule has 0 saturated carbocycles. The van der Waals surface area contributed by atoms with Gasteiger partial charge in [0.15, 0.2) is 0 Å². The number of rotatable bonds is 9. The first kappa shape index (κ1) is 40.9. The third-order valence-corrected chi connectivity index (χ3v) is 14.1. The third-order valence-electron chi connectivity index (χ3n) is 14.1. The molecule has 322 valence electrons. The lowest BCUT2D eigenvalue weighted by molar-refractivity contribution is 0.662. The van der Waals surface area contributed by atoms with Crippen LogP contribution in [0.1, 0.15) is 25.0 Å². The number of hydrogen-bond acceptors (Lipinski definition) is 1. The topological polar surface area (TPSA) is 3.24 Å². The lowest BCUT2D eigenvalue weighted by atomic mass is 9.79. The minimum atomic E-state index is -0.121. The Bertz CT molecular complexity index is 3600. The lowest BCUT2D eigenvalue weighted by Crippen LogP contribution is -2.16. The van der Waals surface area contributed by atoms with Crippen LogP contribution in [-0.2, 0) is 5.41 Å². The monoisotopic (exact) mass is 867 g/mol. The van der Waals surface area contributed by atoms with Gasteiger partial charge in [-0.25, -0.2) is 0 Å². The number of anilines is 3. The fourth-order valence-corrected chi connectivity index (χ4v) is 10.9. The summed E-state index contributed by atoms with van der Waals surface area (Å²) in [6, 6.07) is 95.6. The number of fused-ring (bicyclic) bond motifs is 4. The van der Waals surface area contributed by atoms with Crippen molar-refractivity contribution >= 4 is 27.8 Å². The second-order valence-electron chi connectivity index (χ2n) is 18.4. The van der Waals surface area contributed by atoms with E-state index in [1.807, 2.05) is 0 Å². The van der Waals surface area contributed by atoms with Gasteiger partial charge in [-0.1, -0.05) is 244 Å². The van der Waals surface area contributed by atoms with Gasteiger partial charge >= 0.3 is 0 Å². The van der Waals surface area contributed by atoms with Gasteiger partial charge in [-0.15, -0.1) is 0 Å². The van der Waals surface area contributed by atoms with Crippen molar-refractivity contribution in [2.24, 2.45) is 0 Å². The summed E-state index contributed by atoms with van der Waals surface area (Å²) in [5, 5.41) is 2.52. The van der Waals surface area contributed by atoms with Crippen LogP contribution in [0.2, 0.25) is 0 Å². The van der Waals surface area contributed by atoms with Gasteiger partial charge in [-0.2, -0.15) is 0 Å². The molecule has 11 aromatic carbocycles. The second-order valence-corrected chi connectivity index (χ2v) is 18.4. The van der Waals surface area contributed by atoms with E-state index in [0.29, 0.717) is 0 Å². The molecule has 0 heterocycles. The minimum absolute atomic E-state index is 0.121. The van der Waals surface area contributed by atoms with Gasteiger partial charge in [-0.05, 0) is 125 Å². The van der Waals surface area contributed by atoms with Crippen molar-refractivity contribution in [2.75, 3.05) is 4.90 Å². The second kappa shape index (κ2) is 17.0. The molecule has 0 spiro atoms. The first-order chi connectivity index (χ1) is 33.5. The predicted molar refractivity (Wildman–Crippen MR) is 289 cm³/mol. The van der Waals surface area contributed by atoms with E-state index in [1.54, 1.807) is 0 Å². The van der Waals surface area contributed by atoms with Crippen LogP contribution in [0.4, 0.5) is 17.1 Å². The van der Waals surface area contributed by atoms with Crippen molar-refractivity contribution in [2.45, 2.75) is 19.3 Å². The lowest BCUT2D eigenvalue weighted by Gasteiger charge is -2.30. The molecule has 0 radical (unpaired) electrons. The van der Waals surface area contributed by atoms with Gasteiger partial charge in [0.05, 0.1) is 5.69 Å². The summed E-state index contributed by atoms with van der Waals surface area (Å²) in [4.78, 5) is 2.45. The molecular formula is C67H49N. The van der Waals surface area contributed by atoms with Crippen LogP contribution in [0.25, 0.3) is 88.7 Å². The molecule has 68 heavy (non-hydrogen) atoms. The predicted octanol–water partition coefficient (Wildman–Crippen LogP) is 18.6. The van der Waals surface area contributed by atoms with Crippen LogP contribution in [0.5, 0.6) is 0 Å². The Morgan fingerprint density at radius 3 is 1.41 bits per heavy atom. The smallest absolute Gasteiger partial charge is 0.0546 e. The van der Waals surface area contributed by atoms with E-state index in [4.69, 9.17) is 0 Å². The SMILES string of the molecule is CC1(C)c2ccccc2-c2cccc(-c3ccc(N(c4ccc(-c5ccc(-c6cccc7ccccc67)cc5)cc4)c4cccc(-c5ccccc5)c4-c4ccccc4-c4ccccc4)cc3)c21. The fraction of sp³-hybridized carbons (Fsp3) is 0.0448. The summed E-state index contributed by atoms with van der Waals surface area (Å²) in [5.74, 6) is 0. The summed E-state index contributed by atoms with van der Waals surface area (Å²) >= 11 is 0. The van der Waals surface area contributed by atoms with Crippen molar-refractivity contribution in [1.82, 2.24) is 0 Å². The Morgan fingerprint density at radius 2 is 0.706 bits per heavy atom. The van der Waals surface area contributed by atoms with E-state index in [0.717, 1.165) is 17.1 Å². The van der Waals surface area contributed by atoms with Gasteiger partial charge in [-0.3, -0.25) is 0 Å². The molecule has 0 bridgehead atoms. The molecule has 0 aromatic heterocycles. The molecule has 0 N–H and O–H groups in total. The van der Waals surface area contributed by atoms with Crippen LogP contribution < -0.4 is 4.90 Å². The number of benzene rings is 11. The average molecular weight is 868 g/mol. The van der Waals surface area contributed by atoms with E-state index in [1.165, 1.54) is 99.8 Å². The Balaban J connectivity index is 1.01. The highest BCUT2D eigenvalue weighted by Gasteiger charge is 2.37. The maximum Gasteiger partial charge on any atom is 0.0546 e. The summed E-state index contributed by atoms with van der Waals surface area (Å²) < 4.78 is 0. The highest BCUT2D eigenvalue weighted by molar-refractivity contribution is 6.02. The van der Waals surface area contributed by atoms with Crippen LogP contribution in [0.3, 0.4) is 0 Å². The standard InChI is InChI=1S/C67H49N/c1-67(2)63-32-14-13-26-60(63)62-31-16-30-59(66(62)67)52-40-44-54(45-41-52)68(53-42-38-47(39-43-53)46-34-36-51(37-35-46)56-28-15-23-49-22-9-10-24-55(49)56)64-33-17-29-58(50-20-7-4-8-21-50)65(64)61-27-12-11-25-57(61)48-18-5-3-6-19-48/h3-45H,1-2H3. The third kappa shape index (κ3) is 7.12. The van der Waals surface area contributed by atoms with Crippen molar-refractivity contribution in [3.05, 3.63) is 272 Å². The van der Waals surface area contributed by atoms with Gasteiger partial charge in [0, 0.05) is 22.4 Å². The van der Waals surface area contributed by atoms with Crippen molar-refractivity contribution in [1.29, 1.82) is 0 Å². The van der Waals surface area contributed by atoms with Crippen molar-refractivity contribution in [3.63, 3.8) is 0 Å². The zero-order valence-corrected chi connectivity index (χ0v) is 38.3. The first-order valence-electron chi connectivity index (χ1n) is 23.7. The molecule has 12 rings (SSSR count). The van der Waals surface area contributed by atoms with E-state index in [2.05, 4.69) is 280 Å². The van der Waals surface area contributed by atoms with Crippen molar-refractivity contribution in [3.8, 4) is 77.9 Å². The van der Waals surface area contributed by atoms with E-state index in [-0.39, 0.29) is 5.41 Å². The van der Waals surface area contributed by atoms with Crippen molar-refractivity contribution < 1.29 is 0 Å². The molecule has 1 aliphatic carbocycles. The molecular weight excluding hydrogens is 819 g/mol. The molecule has 0 fully saturated rings. The highest BCUT2D eigenvalue weighted by atomic mass is 15.1. The Kier molecular flexibility index (Phi) is 10.3. The summed E-state index contributed by atoms with van der Waals surface area (Å²) in [5.41, 5.74) is 23.0. The van der Waals surface area contributed by atoms with Gasteiger partial charge in [0.2, 0.25) is 0 Å². The molecule has 0 unspecified atom stereocenters. The Labute approximate surface area is 399 Å². The molecule has 11 aromatic rings. The summed E-state index contributed by atoms with van der Waals surface area (Å²) in [6.45, 7) is 4.74. The normalized spacial score (nSPS) is 12.4. The quantitative estimate of drug-likeness (QED) is 0.140. The first-order valence-corrected chi connectivity index (χ1v) is 23.7. The zero-order valence-electron chi connectivity index (χ0n) is 38.3. The maximum absolute atomic E-state index is 2.45. The highest BCUT2D eigenvalue weighted by Crippen LogP contribution is 2.53. The van der Waals surface area contributed by atoms with Crippen LogP contribution in [0, 0.1) is 0 Å². The Hall–Kier alpha value is -8.52. The maximum atomic E-state index is 2.45. The summed E-state index contributed by atoms with van der Waals surface area (Å²) in [7, 11) is 0. The molecule has 1 aliphatic rings. The van der Waals surface area contributed by atoms with Gasteiger partial charge < -0.3 is 4.90 Å². The van der Waals surface area contributed by atoms with Gasteiger partial charge in [0.25, 0.3) is 0 Å². The molecule has 1 heteroatoms. The number of nitrogens with zero attached hydrogens (tertiary/aromatic N) is 1. The Morgan fingerprint density at radius 1 is 0.279 bits per heavy atom. The average Bonchev–Trinajstić information content (AvgIpc) is 3.65. The minimum Gasteiger partial charge on any atom is -0.310 e. The van der Waals surface area contributed by atoms with Gasteiger partial charge in [0.1, 0.15) is 0 Å².